The summed E-state index contributed by atoms with van der Waals surface area (Å²) < 4.78 is 0. The van der Waals surface area contributed by atoms with E-state index in [1.807, 2.05) is 12.1 Å². The minimum atomic E-state index is -0.882. The van der Waals surface area contributed by atoms with Crippen LogP contribution in [0.15, 0.2) is 48.5 Å². The predicted octanol–water partition coefficient (Wildman–Crippen LogP) is 4.10. The first-order chi connectivity index (χ1) is 9.06. The molecule has 0 aromatic heterocycles. The van der Waals surface area contributed by atoms with Crippen molar-refractivity contribution in [3.63, 3.8) is 0 Å². The van der Waals surface area contributed by atoms with Gasteiger partial charge in [0.1, 0.15) is 0 Å². The lowest BCUT2D eigenvalue weighted by Gasteiger charge is -2.07. The van der Waals surface area contributed by atoms with Gasteiger partial charge in [0.15, 0.2) is 0 Å². The standard InChI is InChI=1S/C17H18O2/c1-12(2)15-7-3-13(4-8-15)11-14-5-9-16(10-6-14)17(18)19/h3-10,12H,11H2,1-2H3,(H,18,19). The third kappa shape index (κ3) is 3.44. The Balaban J connectivity index is 2.10. The molecule has 0 unspecified atom stereocenters. The molecule has 0 aliphatic rings. The van der Waals surface area contributed by atoms with Crippen LogP contribution in [0.1, 0.15) is 46.8 Å². The van der Waals surface area contributed by atoms with E-state index in [1.54, 1.807) is 12.1 Å². The van der Waals surface area contributed by atoms with Gasteiger partial charge in [0.05, 0.1) is 5.56 Å². The van der Waals surface area contributed by atoms with Gasteiger partial charge in [-0.25, -0.2) is 4.79 Å². The van der Waals surface area contributed by atoms with Crippen molar-refractivity contribution in [2.75, 3.05) is 0 Å². The molecular weight excluding hydrogens is 236 g/mol. The van der Waals surface area contributed by atoms with Gasteiger partial charge in [-0.15, -0.1) is 0 Å². The molecule has 2 aromatic carbocycles. The Morgan fingerprint density at radius 2 is 1.42 bits per heavy atom. The van der Waals surface area contributed by atoms with Crippen molar-refractivity contribution in [3.05, 3.63) is 70.8 Å². The van der Waals surface area contributed by atoms with E-state index < -0.39 is 5.97 Å². The van der Waals surface area contributed by atoms with Gasteiger partial charge in [-0.2, -0.15) is 0 Å². The topological polar surface area (TPSA) is 37.3 Å². The van der Waals surface area contributed by atoms with Crippen LogP contribution in [0.4, 0.5) is 0 Å². The van der Waals surface area contributed by atoms with Crippen molar-refractivity contribution in [2.24, 2.45) is 0 Å². The molecular formula is C17H18O2. The molecule has 2 aromatic rings. The normalized spacial score (nSPS) is 10.7. The summed E-state index contributed by atoms with van der Waals surface area (Å²) in [6, 6.07) is 15.7. The molecule has 2 rings (SSSR count). The molecule has 2 heteroatoms. The minimum absolute atomic E-state index is 0.332. The molecule has 0 aliphatic carbocycles. The van der Waals surface area contributed by atoms with Gasteiger partial charge in [-0.3, -0.25) is 0 Å². The average molecular weight is 254 g/mol. The van der Waals surface area contributed by atoms with E-state index in [4.69, 9.17) is 5.11 Å². The highest BCUT2D eigenvalue weighted by atomic mass is 16.4. The quantitative estimate of drug-likeness (QED) is 0.891. The number of carbonyl (C=O) groups is 1. The molecule has 0 radical (unpaired) electrons. The molecule has 0 fully saturated rings. The van der Waals surface area contributed by atoms with E-state index in [9.17, 15) is 4.79 Å². The van der Waals surface area contributed by atoms with Crippen LogP contribution in [0.2, 0.25) is 0 Å². The van der Waals surface area contributed by atoms with E-state index in [1.165, 1.54) is 11.1 Å². The van der Waals surface area contributed by atoms with Crippen LogP contribution in [0.25, 0.3) is 0 Å². The van der Waals surface area contributed by atoms with Crippen molar-refractivity contribution in [3.8, 4) is 0 Å². The fourth-order valence-corrected chi connectivity index (χ4v) is 2.02. The Morgan fingerprint density at radius 3 is 1.84 bits per heavy atom. The third-order valence-electron chi connectivity index (χ3n) is 3.26. The van der Waals surface area contributed by atoms with Crippen molar-refractivity contribution in [2.45, 2.75) is 26.2 Å². The highest BCUT2D eigenvalue weighted by Gasteiger charge is 2.03. The Kier molecular flexibility index (Phi) is 4.00. The number of carboxylic acids is 1. The first-order valence-corrected chi connectivity index (χ1v) is 6.47. The second-order valence-corrected chi connectivity index (χ2v) is 5.08. The first kappa shape index (κ1) is 13.3. The van der Waals surface area contributed by atoms with Crippen LogP contribution < -0.4 is 0 Å². The van der Waals surface area contributed by atoms with Crippen molar-refractivity contribution >= 4 is 5.97 Å². The maximum absolute atomic E-state index is 10.8. The second-order valence-electron chi connectivity index (χ2n) is 5.08. The zero-order valence-electron chi connectivity index (χ0n) is 11.3. The van der Waals surface area contributed by atoms with E-state index in [0.29, 0.717) is 11.5 Å². The van der Waals surface area contributed by atoms with Gasteiger partial charge in [-0.1, -0.05) is 50.2 Å². The monoisotopic (exact) mass is 254 g/mol. The molecule has 0 heterocycles. The maximum atomic E-state index is 10.8. The van der Waals surface area contributed by atoms with Crippen LogP contribution >= 0.6 is 0 Å². The summed E-state index contributed by atoms with van der Waals surface area (Å²) in [6.07, 6.45) is 0.832. The van der Waals surface area contributed by atoms with Crippen molar-refractivity contribution in [1.29, 1.82) is 0 Å². The fourth-order valence-electron chi connectivity index (χ4n) is 2.02. The van der Waals surface area contributed by atoms with E-state index >= 15 is 0 Å². The summed E-state index contributed by atoms with van der Waals surface area (Å²) in [6.45, 7) is 4.36. The lowest BCUT2D eigenvalue weighted by atomic mass is 9.98. The van der Waals surface area contributed by atoms with E-state index in [2.05, 4.69) is 38.1 Å². The first-order valence-electron chi connectivity index (χ1n) is 6.47. The Morgan fingerprint density at radius 1 is 0.947 bits per heavy atom. The summed E-state index contributed by atoms with van der Waals surface area (Å²) in [5, 5.41) is 8.85. The van der Waals surface area contributed by atoms with Crippen molar-refractivity contribution < 1.29 is 9.90 Å². The summed E-state index contributed by atoms with van der Waals surface area (Å²) in [4.78, 5) is 10.8. The molecule has 0 saturated carbocycles. The highest BCUT2D eigenvalue weighted by Crippen LogP contribution is 2.17. The number of aromatic carboxylic acids is 1. The number of hydrogen-bond donors (Lipinski definition) is 1. The van der Waals surface area contributed by atoms with Gasteiger partial charge >= 0.3 is 5.97 Å². The Bertz CT molecular complexity index is 551. The predicted molar refractivity (Wildman–Crippen MR) is 76.7 cm³/mol. The zero-order valence-corrected chi connectivity index (χ0v) is 11.3. The maximum Gasteiger partial charge on any atom is 0.335 e. The smallest absolute Gasteiger partial charge is 0.335 e. The molecule has 0 amide bonds. The van der Waals surface area contributed by atoms with Gasteiger partial charge < -0.3 is 5.11 Å². The molecule has 2 nitrogen and oxygen atoms in total. The van der Waals surface area contributed by atoms with Gasteiger partial charge in [0.25, 0.3) is 0 Å². The van der Waals surface area contributed by atoms with Crippen LogP contribution in [0.5, 0.6) is 0 Å². The summed E-state index contributed by atoms with van der Waals surface area (Å²) in [5.74, 6) is -0.336. The Hall–Kier alpha value is -2.09. The van der Waals surface area contributed by atoms with Crippen LogP contribution in [-0.4, -0.2) is 11.1 Å². The molecule has 0 bridgehead atoms. The Labute approximate surface area is 113 Å². The van der Waals surface area contributed by atoms with Crippen LogP contribution in [-0.2, 0) is 6.42 Å². The number of hydrogen-bond acceptors (Lipinski definition) is 1. The molecule has 0 atom stereocenters. The second kappa shape index (κ2) is 5.70. The SMILES string of the molecule is CC(C)c1ccc(Cc2ccc(C(=O)O)cc2)cc1. The molecule has 0 aliphatic heterocycles. The lowest BCUT2D eigenvalue weighted by Crippen LogP contribution is -1.96. The molecule has 1 N–H and O–H groups in total. The van der Waals surface area contributed by atoms with Crippen molar-refractivity contribution in [1.82, 2.24) is 0 Å². The molecule has 0 spiro atoms. The van der Waals surface area contributed by atoms with Gasteiger partial charge in [0, 0.05) is 0 Å². The van der Waals surface area contributed by atoms with E-state index in [-0.39, 0.29) is 0 Å². The fraction of sp³-hybridized carbons (Fsp3) is 0.235. The summed E-state index contributed by atoms with van der Waals surface area (Å²) in [7, 11) is 0. The average Bonchev–Trinajstić information content (AvgIpc) is 2.40. The molecule has 0 saturated heterocycles. The van der Waals surface area contributed by atoms with Gasteiger partial charge in [-0.05, 0) is 41.2 Å². The number of benzene rings is 2. The molecule has 98 valence electrons. The lowest BCUT2D eigenvalue weighted by molar-refractivity contribution is 0.0697. The van der Waals surface area contributed by atoms with E-state index in [0.717, 1.165) is 12.0 Å². The minimum Gasteiger partial charge on any atom is -0.478 e. The summed E-state index contributed by atoms with van der Waals surface area (Å²) >= 11 is 0. The molecule has 19 heavy (non-hydrogen) atoms. The summed E-state index contributed by atoms with van der Waals surface area (Å²) in [5.41, 5.74) is 4.04. The third-order valence-corrected chi connectivity index (χ3v) is 3.26. The number of rotatable bonds is 4. The van der Waals surface area contributed by atoms with Gasteiger partial charge in [0.2, 0.25) is 0 Å². The largest absolute Gasteiger partial charge is 0.478 e. The van der Waals surface area contributed by atoms with Crippen LogP contribution in [0.3, 0.4) is 0 Å². The van der Waals surface area contributed by atoms with Crippen LogP contribution in [0, 0.1) is 0 Å². The zero-order chi connectivity index (χ0) is 13.8. The number of carboxylic acid groups (broad SMARTS) is 1. The highest BCUT2D eigenvalue weighted by molar-refractivity contribution is 5.87.